The lowest BCUT2D eigenvalue weighted by Crippen LogP contribution is -2.42. The van der Waals surface area contributed by atoms with Gasteiger partial charge in [-0.25, -0.2) is 8.42 Å². The molecule has 0 spiro atoms. The molecule has 1 heterocycles. The number of anilines is 1. The maximum absolute atomic E-state index is 12.3. The van der Waals surface area contributed by atoms with Crippen molar-refractivity contribution in [1.82, 2.24) is 4.31 Å². The van der Waals surface area contributed by atoms with Crippen LogP contribution >= 0.6 is 0 Å². The van der Waals surface area contributed by atoms with Crippen LogP contribution in [-0.2, 0) is 14.8 Å². The number of nitrogens with one attached hydrogen (secondary N) is 1. The Bertz CT molecular complexity index is 628. The zero-order valence-electron chi connectivity index (χ0n) is 12.1. The first-order valence-corrected chi connectivity index (χ1v) is 8.70. The first-order chi connectivity index (χ1) is 9.80. The van der Waals surface area contributed by atoms with Crippen LogP contribution in [0.25, 0.3) is 0 Å². The summed E-state index contributed by atoms with van der Waals surface area (Å²) < 4.78 is 24.6. The van der Waals surface area contributed by atoms with Crippen molar-refractivity contribution >= 4 is 21.6 Å². The number of benzene rings is 1. The van der Waals surface area contributed by atoms with Crippen molar-refractivity contribution in [2.45, 2.75) is 31.9 Å². The van der Waals surface area contributed by atoms with Crippen LogP contribution in [0.3, 0.4) is 0 Å². The van der Waals surface area contributed by atoms with Gasteiger partial charge >= 0.3 is 0 Å². The molecule has 0 bridgehead atoms. The minimum Gasteiger partial charge on any atom is -0.389 e. The standard InChI is InChI=1S/C14H20N2O4S/c1-10(17)11-6-3-4-7-12(11)15-14(18)13-8-5-9-16(13)21(2,19)20/h3-4,6-7,10,13,17H,5,8-9H2,1-2H3,(H,15,18). The maximum Gasteiger partial charge on any atom is 0.242 e. The van der Waals surface area contributed by atoms with E-state index in [0.29, 0.717) is 30.6 Å². The Hall–Kier alpha value is -1.44. The number of carbonyl (C=O) groups is 1. The number of carbonyl (C=O) groups excluding carboxylic acids is 1. The Balaban J connectivity index is 2.19. The molecule has 21 heavy (non-hydrogen) atoms. The fourth-order valence-corrected chi connectivity index (χ4v) is 3.71. The molecule has 0 aliphatic carbocycles. The van der Waals surface area contributed by atoms with E-state index in [9.17, 15) is 18.3 Å². The summed E-state index contributed by atoms with van der Waals surface area (Å²) in [4.78, 5) is 12.3. The number of rotatable bonds is 4. The Kier molecular flexibility index (Phi) is 4.65. The first kappa shape index (κ1) is 15.9. The van der Waals surface area contributed by atoms with E-state index in [4.69, 9.17) is 0 Å². The lowest BCUT2D eigenvalue weighted by Gasteiger charge is -2.22. The summed E-state index contributed by atoms with van der Waals surface area (Å²) in [6.07, 6.45) is 1.58. The Labute approximate surface area is 124 Å². The molecule has 1 aromatic carbocycles. The highest BCUT2D eigenvalue weighted by Crippen LogP contribution is 2.25. The Morgan fingerprint density at radius 3 is 2.71 bits per heavy atom. The van der Waals surface area contributed by atoms with E-state index in [2.05, 4.69) is 5.32 Å². The molecule has 1 fully saturated rings. The average molecular weight is 312 g/mol. The molecule has 116 valence electrons. The van der Waals surface area contributed by atoms with Gasteiger partial charge in [-0.2, -0.15) is 4.31 Å². The van der Waals surface area contributed by atoms with Crippen LogP contribution in [0.4, 0.5) is 5.69 Å². The van der Waals surface area contributed by atoms with Crippen LogP contribution in [0.5, 0.6) is 0 Å². The summed E-state index contributed by atoms with van der Waals surface area (Å²) >= 11 is 0. The maximum atomic E-state index is 12.3. The van der Waals surface area contributed by atoms with Crippen molar-refractivity contribution in [2.75, 3.05) is 18.1 Å². The van der Waals surface area contributed by atoms with Crippen LogP contribution in [-0.4, -0.2) is 42.6 Å². The van der Waals surface area contributed by atoms with Crippen molar-refractivity contribution < 1.29 is 18.3 Å². The third-order valence-electron chi connectivity index (χ3n) is 3.60. The highest BCUT2D eigenvalue weighted by atomic mass is 32.2. The number of nitrogens with zero attached hydrogens (tertiary/aromatic N) is 1. The number of aliphatic hydroxyl groups excluding tert-OH is 1. The Morgan fingerprint density at radius 1 is 1.43 bits per heavy atom. The first-order valence-electron chi connectivity index (χ1n) is 6.85. The van der Waals surface area contributed by atoms with Gasteiger partial charge in [0.25, 0.3) is 0 Å². The summed E-state index contributed by atoms with van der Waals surface area (Å²) in [5.74, 6) is -0.356. The van der Waals surface area contributed by atoms with Crippen LogP contribution in [0, 0.1) is 0 Å². The second-order valence-electron chi connectivity index (χ2n) is 5.28. The largest absolute Gasteiger partial charge is 0.389 e. The Morgan fingerprint density at radius 2 is 2.10 bits per heavy atom. The third kappa shape index (κ3) is 3.61. The molecule has 1 aliphatic rings. The topological polar surface area (TPSA) is 86.7 Å². The van der Waals surface area contributed by atoms with Crippen LogP contribution < -0.4 is 5.32 Å². The van der Waals surface area contributed by atoms with Gasteiger partial charge in [0, 0.05) is 17.8 Å². The van der Waals surface area contributed by atoms with Gasteiger partial charge in [-0.05, 0) is 25.8 Å². The van der Waals surface area contributed by atoms with Crippen molar-refractivity contribution in [2.24, 2.45) is 0 Å². The number of sulfonamides is 1. The van der Waals surface area contributed by atoms with Gasteiger partial charge in [0.15, 0.2) is 0 Å². The molecule has 6 nitrogen and oxygen atoms in total. The molecule has 1 aromatic rings. The molecule has 0 saturated carbocycles. The number of amides is 1. The van der Waals surface area contributed by atoms with E-state index < -0.39 is 22.2 Å². The van der Waals surface area contributed by atoms with Crippen molar-refractivity contribution in [1.29, 1.82) is 0 Å². The lowest BCUT2D eigenvalue weighted by atomic mass is 10.1. The van der Waals surface area contributed by atoms with Gasteiger partial charge in [-0.1, -0.05) is 18.2 Å². The van der Waals surface area contributed by atoms with E-state index in [0.717, 1.165) is 6.26 Å². The molecule has 7 heteroatoms. The lowest BCUT2D eigenvalue weighted by molar-refractivity contribution is -0.119. The van der Waals surface area contributed by atoms with Gasteiger partial charge in [-0.15, -0.1) is 0 Å². The van der Waals surface area contributed by atoms with Crippen LogP contribution in [0.2, 0.25) is 0 Å². The van der Waals surface area contributed by atoms with Crippen LogP contribution in [0.1, 0.15) is 31.4 Å². The molecule has 2 atom stereocenters. The quantitative estimate of drug-likeness (QED) is 0.871. The normalized spacial score (nSPS) is 21.2. The van der Waals surface area contributed by atoms with E-state index in [1.807, 2.05) is 0 Å². The smallest absolute Gasteiger partial charge is 0.242 e. The molecule has 2 rings (SSSR count). The molecule has 1 saturated heterocycles. The van der Waals surface area contributed by atoms with E-state index in [-0.39, 0.29) is 5.91 Å². The van der Waals surface area contributed by atoms with Gasteiger partial charge in [0.05, 0.1) is 12.4 Å². The molecule has 0 aromatic heterocycles. The number of aliphatic hydroxyl groups is 1. The number of hydrogen-bond donors (Lipinski definition) is 2. The SMILES string of the molecule is CC(O)c1ccccc1NC(=O)C1CCCN1S(C)(=O)=O. The van der Waals surface area contributed by atoms with Gasteiger partial charge in [0.1, 0.15) is 6.04 Å². The zero-order valence-corrected chi connectivity index (χ0v) is 12.9. The molecule has 0 radical (unpaired) electrons. The molecular formula is C14H20N2O4S. The van der Waals surface area contributed by atoms with Crippen molar-refractivity contribution in [3.8, 4) is 0 Å². The van der Waals surface area contributed by atoms with E-state index >= 15 is 0 Å². The minimum atomic E-state index is -3.39. The average Bonchev–Trinajstić information content (AvgIpc) is 2.88. The van der Waals surface area contributed by atoms with Gasteiger partial charge < -0.3 is 10.4 Å². The second kappa shape index (κ2) is 6.13. The molecule has 2 unspecified atom stereocenters. The van der Waals surface area contributed by atoms with Crippen molar-refractivity contribution in [3.05, 3.63) is 29.8 Å². The van der Waals surface area contributed by atoms with Gasteiger partial charge in [0.2, 0.25) is 15.9 Å². The highest BCUT2D eigenvalue weighted by molar-refractivity contribution is 7.88. The second-order valence-corrected chi connectivity index (χ2v) is 7.22. The predicted octanol–water partition coefficient (Wildman–Crippen LogP) is 1.10. The van der Waals surface area contributed by atoms with Crippen LogP contribution in [0.15, 0.2) is 24.3 Å². The molecule has 1 amide bonds. The van der Waals surface area contributed by atoms with Crippen molar-refractivity contribution in [3.63, 3.8) is 0 Å². The molecule has 1 aliphatic heterocycles. The monoisotopic (exact) mass is 312 g/mol. The summed E-state index contributed by atoms with van der Waals surface area (Å²) in [7, 11) is -3.39. The fourth-order valence-electron chi connectivity index (χ4n) is 2.59. The highest BCUT2D eigenvalue weighted by Gasteiger charge is 2.36. The predicted molar refractivity (Wildman–Crippen MR) is 80.3 cm³/mol. The zero-order chi connectivity index (χ0) is 15.6. The number of para-hydroxylation sites is 1. The van der Waals surface area contributed by atoms with E-state index in [1.165, 1.54) is 4.31 Å². The molecular weight excluding hydrogens is 292 g/mol. The third-order valence-corrected chi connectivity index (χ3v) is 4.89. The summed E-state index contributed by atoms with van der Waals surface area (Å²) in [5, 5.41) is 12.4. The molecule has 2 N–H and O–H groups in total. The fraction of sp³-hybridized carbons (Fsp3) is 0.500. The van der Waals surface area contributed by atoms with Gasteiger partial charge in [-0.3, -0.25) is 4.79 Å². The summed E-state index contributed by atoms with van der Waals surface area (Å²) in [5.41, 5.74) is 1.12. The summed E-state index contributed by atoms with van der Waals surface area (Å²) in [6.45, 7) is 1.98. The summed E-state index contributed by atoms with van der Waals surface area (Å²) in [6, 6.07) is 6.27. The number of hydrogen-bond acceptors (Lipinski definition) is 4. The minimum absolute atomic E-state index is 0.356. The van der Waals surface area contributed by atoms with E-state index in [1.54, 1.807) is 31.2 Å².